The summed E-state index contributed by atoms with van der Waals surface area (Å²) in [5, 5.41) is 2.44. The van der Waals surface area contributed by atoms with E-state index in [1.165, 1.54) is 0 Å². The van der Waals surface area contributed by atoms with Crippen molar-refractivity contribution in [1.82, 2.24) is 5.32 Å². The number of cyclic esters (lactones) is 1. The van der Waals surface area contributed by atoms with Crippen molar-refractivity contribution < 1.29 is 45.4 Å². The molecule has 0 amide bonds. The zero-order chi connectivity index (χ0) is 20.8. The number of methoxy groups -OCH3 is 1. The fourth-order valence-corrected chi connectivity index (χ4v) is 3.68. The molecule has 28 heavy (non-hydrogen) atoms. The van der Waals surface area contributed by atoms with E-state index in [9.17, 15) is 35.9 Å². The number of esters is 2. The Balaban J connectivity index is 2.25. The van der Waals surface area contributed by atoms with Gasteiger partial charge in [0.15, 0.2) is 0 Å². The van der Waals surface area contributed by atoms with E-state index in [0.717, 1.165) is 7.11 Å². The molecule has 0 fully saturated rings. The lowest BCUT2D eigenvalue weighted by Gasteiger charge is -2.36. The Labute approximate surface area is 154 Å². The first-order valence-electron chi connectivity index (χ1n) is 7.97. The van der Waals surface area contributed by atoms with Crippen LogP contribution < -0.4 is 5.32 Å². The van der Waals surface area contributed by atoms with Crippen LogP contribution in [-0.2, 0) is 19.1 Å². The lowest BCUT2D eigenvalue weighted by atomic mass is 9.70. The Hall–Kier alpha value is -2.72. The molecule has 2 aliphatic heterocycles. The van der Waals surface area contributed by atoms with Gasteiger partial charge >= 0.3 is 18.1 Å². The Morgan fingerprint density at radius 3 is 2.61 bits per heavy atom. The topological polar surface area (TPSA) is 64.6 Å². The minimum atomic E-state index is -5.23. The molecule has 152 valence electrons. The van der Waals surface area contributed by atoms with Gasteiger partial charge in [0.25, 0.3) is 0 Å². The van der Waals surface area contributed by atoms with Gasteiger partial charge in [-0.3, -0.25) is 0 Å². The summed E-state index contributed by atoms with van der Waals surface area (Å²) in [4.78, 5) is 24.4. The van der Waals surface area contributed by atoms with Crippen molar-refractivity contribution in [2.24, 2.45) is 11.8 Å². The molecule has 11 heteroatoms. The second-order valence-corrected chi connectivity index (χ2v) is 6.25. The number of hydrogen-bond donors (Lipinski definition) is 1. The molecule has 5 nitrogen and oxygen atoms in total. The molecular weight excluding hydrogens is 396 g/mol. The number of ether oxygens (including phenoxy) is 2. The highest BCUT2D eigenvalue weighted by molar-refractivity contribution is 5.99. The van der Waals surface area contributed by atoms with E-state index in [1.54, 1.807) is 0 Å². The Morgan fingerprint density at radius 2 is 2.04 bits per heavy atom. The van der Waals surface area contributed by atoms with Gasteiger partial charge in [0.1, 0.15) is 24.9 Å². The summed E-state index contributed by atoms with van der Waals surface area (Å²) in [5.74, 6) is -9.21. The van der Waals surface area contributed by atoms with Crippen molar-refractivity contribution in [2.45, 2.75) is 12.6 Å². The van der Waals surface area contributed by atoms with Crippen LogP contribution in [0.2, 0.25) is 0 Å². The van der Waals surface area contributed by atoms with Crippen LogP contribution in [0.25, 0.3) is 0 Å². The lowest BCUT2D eigenvalue weighted by Crippen LogP contribution is -2.39. The van der Waals surface area contributed by atoms with Crippen molar-refractivity contribution in [3.8, 4) is 0 Å². The van der Waals surface area contributed by atoms with Gasteiger partial charge < -0.3 is 14.8 Å². The molecule has 0 aromatic carbocycles. The summed E-state index contributed by atoms with van der Waals surface area (Å²) >= 11 is 0. The van der Waals surface area contributed by atoms with Gasteiger partial charge in [0.2, 0.25) is 0 Å². The third-order valence-corrected chi connectivity index (χ3v) is 4.71. The second-order valence-electron chi connectivity index (χ2n) is 6.25. The number of dihydropyridines is 1. The van der Waals surface area contributed by atoms with Crippen LogP contribution in [0.4, 0.5) is 26.3 Å². The highest BCUT2D eigenvalue weighted by atomic mass is 19.4. The van der Waals surface area contributed by atoms with E-state index in [0.29, 0.717) is 0 Å². The predicted octanol–water partition coefficient (Wildman–Crippen LogP) is 3.07. The SMILES string of the molecule is COC(=O)C1=C(CF)NC2=C(C(=O)OC2)[C@@H]1C1CC(F)=CC(F)=C1C(F)(F)F. The summed E-state index contributed by atoms with van der Waals surface area (Å²) in [6, 6.07) is 0. The normalized spacial score (nSPS) is 25.4. The molecule has 1 aliphatic carbocycles. The Kier molecular flexibility index (Phi) is 5.02. The Bertz CT molecular complexity index is 867. The van der Waals surface area contributed by atoms with Gasteiger partial charge in [-0.25, -0.2) is 22.8 Å². The smallest absolute Gasteiger partial charge is 0.415 e. The number of allylic oxidation sites excluding steroid dienone is 5. The zero-order valence-electron chi connectivity index (χ0n) is 14.3. The van der Waals surface area contributed by atoms with Gasteiger partial charge in [-0.1, -0.05) is 0 Å². The highest BCUT2D eigenvalue weighted by Crippen LogP contribution is 2.50. The van der Waals surface area contributed by atoms with E-state index in [1.807, 2.05) is 0 Å². The van der Waals surface area contributed by atoms with Crippen molar-refractivity contribution in [2.75, 3.05) is 20.4 Å². The highest BCUT2D eigenvalue weighted by Gasteiger charge is 2.53. The molecule has 0 bridgehead atoms. The molecule has 0 aromatic heterocycles. The molecule has 0 aromatic rings. The Morgan fingerprint density at radius 1 is 1.36 bits per heavy atom. The largest absolute Gasteiger partial charge is 0.466 e. The van der Waals surface area contributed by atoms with E-state index >= 15 is 0 Å². The predicted molar refractivity (Wildman–Crippen MR) is 81.1 cm³/mol. The summed E-state index contributed by atoms with van der Waals surface area (Å²) in [6.45, 7) is -1.72. The zero-order valence-corrected chi connectivity index (χ0v) is 14.3. The minimum Gasteiger partial charge on any atom is -0.466 e. The van der Waals surface area contributed by atoms with Crippen molar-refractivity contribution in [3.05, 3.63) is 45.8 Å². The molecule has 0 spiro atoms. The molecule has 1 unspecified atom stereocenters. The van der Waals surface area contributed by atoms with Crippen molar-refractivity contribution in [3.63, 3.8) is 0 Å². The first kappa shape index (κ1) is 20.0. The maximum absolute atomic E-state index is 14.1. The fraction of sp³-hybridized carbons (Fsp3) is 0.412. The first-order chi connectivity index (χ1) is 13.1. The summed E-state index contributed by atoms with van der Waals surface area (Å²) in [5.41, 5.74) is -3.31. The van der Waals surface area contributed by atoms with E-state index in [-0.39, 0.29) is 11.8 Å². The van der Waals surface area contributed by atoms with Crippen LogP contribution in [0, 0.1) is 11.8 Å². The maximum atomic E-state index is 14.1. The summed E-state index contributed by atoms with van der Waals surface area (Å²) in [7, 11) is 0.904. The molecular formula is C17H13F6NO4. The number of nitrogens with one attached hydrogen (secondary N) is 1. The fourth-order valence-electron chi connectivity index (χ4n) is 3.68. The molecule has 1 N–H and O–H groups in total. The molecule has 0 saturated carbocycles. The lowest BCUT2D eigenvalue weighted by molar-refractivity contribution is -0.138. The second kappa shape index (κ2) is 7.02. The summed E-state index contributed by atoms with van der Waals surface area (Å²) < 4.78 is 91.5. The van der Waals surface area contributed by atoms with Gasteiger partial charge in [-0.05, 0) is 0 Å². The first-order valence-corrected chi connectivity index (χ1v) is 7.97. The number of hydrogen-bond acceptors (Lipinski definition) is 5. The number of halogens is 6. The number of rotatable bonds is 3. The van der Waals surface area contributed by atoms with Gasteiger partial charge in [0.05, 0.1) is 35.2 Å². The van der Waals surface area contributed by atoms with Crippen LogP contribution in [0.5, 0.6) is 0 Å². The molecule has 2 atom stereocenters. The van der Waals surface area contributed by atoms with Crippen LogP contribution >= 0.6 is 0 Å². The van der Waals surface area contributed by atoms with Crippen LogP contribution in [0.3, 0.4) is 0 Å². The van der Waals surface area contributed by atoms with E-state index in [2.05, 4.69) is 10.1 Å². The third-order valence-electron chi connectivity index (χ3n) is 4.71. The van der Waals surface area contributed by atoms with Gasteiger partial charge in [-0.15, -0.1) is 0 Å². The molecule has 3 aliphatic rings. The molecule has 0 saturated heterocycles. The molecule has 3 rings (SSSR count). The number of carbonyl (C=O) groups is 2. The van der Waals surface area contributed by atoms with Gasteiger partial charge in [0, 0.05) is 24.3 Å². The van der Waals surface area contributed by atoms with Crippen LogP contribution in [0.1, 0.15) is 6.42 Å². The maximum Gasteiger partial charge on any atom is 0.415 e. The van der Waals surface area contributed by atoms with E-state index < -0.39 is 83.7 Å². The molecule has 2 heterocycles. The van der Waals surface area contributed by atoms with Crippen LogP contribution in [-0.4, -0.2) is 38.5 Å². The quantitative estimate of drug-likeness (QED) is 0.574. The summed E-state index contributed by atoms with van der Waals surface area (Å²) in [6.07, 6.45) is -6.07. The third kappa shape index (κ3) is 3.18. The van der Waals surface area contributed by atoms with Crippen molar-refractivity contribution >= 4 is 11.9 Å². The van der Waals surface area contributed by atoms with Gasteiger partial charge in [-0.2, -0.15) is 13.2 Å². The van der Waals surface area contributed by atoms with Crippen LogP contribution in [0.15, 0.2) is 45.8 Å². The number of alkyl halides is 4. The van der Waals surface area contributed by atoms with E-state index in [4.69, 9.17) is 4.74 Å². The average molecular weight is 409 g/mol. The standard InChI is InChI=1S/C17H13F6NO4/c1-27-15(25)12-9(4-18)24-10-5-28-16(26)13(10)11(12)7-2-6(19)3-8(20)14(7)17(21,22)23/h3,7,11,24H,2,4-5H2,1H3/t7?,11-/m1/s1. The monoisotopic (exact) mass is 409 g/mol. The average Bonchev–Trinajstić information content (AvgIpc) is 2.98. The minimum absolute atomic E-state index is 0.0628. The van der Waals surface area contributed by atoms with Crippen molar-refractivity contribution in [1.29, 1.82) is 0 Å². The molecule has 0 radical (unpaired) electrons. The number of carbonyl (C=O) groups excluding carboxylic acids is 2.